The average Bonchev–Trinajstić information content (AvgIpc) is 3.23. The Balaban J connectivity index is 1.33. The Morgan fingerprint density at radius 3 is 2.25 bits per heavy atom. The van der Waals surface area contributed by atoms with E-state index in [4.69, 9.17) is 4.74 Å². The van der Waals surface area contributed by atoms with Gasteiger partial charge in [0.25, 0.3) is 5.91 Å². The number of hydrogen-bond donors (Lipinski definition) is 0. The smallest absolute Gasteiger partial charge is 0.253 e. The first-order chi connectivity index (χ1) is 15.3. The zero-order chi connectivity index (χ0) is 22.7. The Kier molecular flexibility index (Phi) is 6.59. The second kappa shape index (κ2) is 9.40. The predicted octanol–water partition coefficient (Wildman–Crippen LogP) is 3.49. The number of amides is 1. The maximum Gasteiger partial charge on any atom is 0.253 e. The van der Waals surface area contributed by atoms with E-state index in [2.05, 4.69) is 4.98 Å². The van der Waals surface area contributed by atoms with Crippen molar-refractivity contribution < 1.29 is 17.9 Å². The molecule has 1 aliphatic rings. The molecule has 2 aromatic carbocycles. The summed E-state index contributed by atoms with van der Waals surface area (Å²) in [6.45, 7) is 5.51. The van der Waals surface area contributed by atoms with E-state index in [0.717, 1.165) is 16.3 Å². The van der Waals surface area contributed by atoms with Crippen LogP contribution in [0, 0.1) is 13.8 Å². The second-order valence-corrected chi connectivity index (χ2v) is 10.7. The largest absolute Gasteiger partial charge is 0.487 e. The number of carbonyl (C=O) groups is 1. The van der Waals surface area contributed by atoms with Crippen molar-refractivity contribution in [1.82, 2.24) is 14.2 Å². The average molecular weight is 472 g/mol. The molecule has 1 aliphatic heterocycles. The van der Waals surface area contributed by atoms with Crippen LogP contribution in [-0.4, -0.2) is 54.7 Å². The van der Waals surface area contributed by atoms with E-state index >= 15 is 0 Å². The van der Waals surface area contributed by atoms with Gasteiger partial charge in [0, 0.05) is 37.1 Å². The van der Waals surface area contributed by atoms with Crippen molar-refractivity contribution in [3.63, 3.8) is 0 Å². The van der Waals surface area contributed by atoms with E-state index < -0.39 is 10.0 Å². The first-order valence-corrected chi connectivity index (χ1v) is 12.6. The molecule has 0 spiro atoms. The first-order valence-electron chi connectivity index (χ1n) is 10.3. The number of thiazole rings is 1. The van der Waals surface area contributed by atoms with E-state index in [1.54, 1.807) is 64.8 Å². The first kappa shape index (κ1) is 22.4. The zero-order valence-electron chi connectivity index (χ0n) is 18.0. The van der Waals surface area contributed by atoms with Crippen molar-refractivity contribution in [2.75, 3.05) is 26.2 Å². The van der Waals surface area contributed by atoms with Crippen LogP contribution in [-0.2, 0) is 16.6 Å². The van der Waals surface area contributed by atoms with Crippen molar-refractivity contribution in [2.45, 2.75) is 25.3 Å². The van der Waals surface area contributed by atoms with Crippen LogP contribution < -0.4 is 4.74 Å². The molecule has 0 radical (unpaired) electrons. The van der Waals surface area contributed by atoms with E-state index in [1.165, 1.54) is 4.31 Å². The lowest BCUT2D eigenvalue weighted by molar-refractivity contribution is 0.0698. The quantitative estimate of drug-likeness (QED) is 0.550. The molecule has 0 unspecified atom stereocenters. The predicted molar refractivity (Wildman–Crippen MR) is 123 cm³/mol. The minimum absolute atomic E-state index is 0.112. The number of ether oxygens (including phenoxy) is 1. The minimum Gasteiger partial charge on any atom is -0.487 e. The number of nitrogens with zero attached hydrogens (tertiary/aromatic N) is 3. The number of sulfonamides is 1. The van der Waals surface area contributed by atoms with Crippen LogP contribution in [0.15, 0.2) is 58.8 Å². The number of carbonyl (C=O) groups excluding carboxylic acids is 1. The Morgan fingerprint density at radius 2 is 1.66 bits per heavy atom. The fourth-order valence-electron chi connectivity index (χ4n) is 3.50. The summed E-state index contributed by atoms with van der Waals surface area (Å²) in [6, 6.07) is 13.8. The Hall–Kier alpha value is -2.75. The van der Waals surface area contributed by atoms with Crippen LogP contribution in [0.2, 0.25) is 0 Å². The number of aromatic nitrogens is 1. The van der Waals surface area contributed by atoms with Gasteiger partial charge in [0.05, 0.1) is 15.6 Å². The van der Waals surface area contributed by atoms with Crippen LogP contribution in [0.3, 0.4) is 0 Å². The van der Waals surface area contributed by atoms with E-state index in [-0.39, 0.29) is 23.9 Å². The minimum atomic E-state index is -3.55. The van der Waals surface area contributed by atoms with Crippen LogP contribution >= 0.6 is 11.3 Å². The van der Waals surface area contributed by atoms with Gasteiger partial charge in [-0.3, -0.25) is 4.79 Å². The second-order valence-electron chi connectivity index (χ2n) is 7.68. The van der Waals surface area contributed by atoms with E-state index in [9.17, 15) is 13.2 Å². The third kappa shape index (κ3) is 5.01. The summed E-state index contributed by atoms with van der Waals surface area (Å²) in [5.74, 6) is 0.556. The summed E-state index contributed by atoms with van der Waals surface area (Å²) in [7, 11) is -3.55. The molecule has 0 N–H and O–H groups in total. The van der Waals surface area contributed by atoms with Crippen LogP contribution in [0.4, 0.5) is 0 Å². The maximum atomic E-state index is 12.9. The van der Waals surface area contributed by atoms with Crippen LogP contribution in [0.25, 0.3) is 0 Å². The molecule has 9 heteroatoms. The van der Waals surface area contributed by atoms with Gasteiger partial charge in [-0.25, -0.2) is 13.4 Å². The summed E-state index contributed by atoms with van der Waals surface area (Å²) in [5, 5.41) is 2.96. The van der Waals surface area contributed by atoms with Gasteiger partial charge in [-0.1, -0.05) is 17.7 Å². The molecular weight excluding hydrogens is 446 g/mol. The van der Waals surface area contributed by atoms with Gasteiger partial charge in [-0.2, -0.15) is 4.31 Å². The highest BCUT2D eigenvalue weighted by Gasteiger charge is 2.30. The molecule has 0 saturated carbocycles. The lowest BCUT2D eigenvalue weighted by atomic mass is 10.2. The van der Waals surface area contributed by atoms with Gasteiger partial charge in [0.1, 0.15) is 12.4 Å². The molecule has 1 saturated heterocycles. The molecule has 0 atom stereocenters. The summed E-state index contributed by atoms with van der Waals surface area (Å²) in [5.41, 5.74) is 2.44. The van der Waals surface area contributed by atoms with Crippen molar-refractivity contribution in [1.29, 1.82) is 0 Å². The van der Waals surface area contributed by atoms with Crippen molar-refractivity contribution in [3.8, 4) is 5.75 Å². The number of piperazine rings is 1. The van der Waals surface area contributed by atoms with Gasteiger partial charge >= 0.3 is 0 Å². The molecular formula is C23H25N3O4S2. The molecule has 2 heterocycles. The van der Waals surface area contributed by atoms with Gasteiger partial charge in [0.2, 0.25) is 10.0 Å². The molecule has 32 heavy (non-hydrogen) atoms. The third-order valence-corrected chi connectivity index (χ3v) is 8.07. The van der Waals surface area contributed by atoms with Crippen LogP contribution in [0.1, 0.15) is 26.6 Å². The molecule has 1 amide bonds. The molecule has 1 fully saturated rings. The molecule has 1 aromatic heterocycles. The molecule has 3 aromatic rings. The number of rotatable bonds is 6. The highest BCUT2D eigenvalue weighted by Crippen LogP contribution is 2.20. The molecule has 4 rings (SSSR count). The van der Waals surface area contributed by atoms with Crippen molar-refractivity contribution in [2.24, 2.45) is 0 Å². The summed E-state index contributed by atoms with van der Waals surface area (Å²) in [4.78, 5) is 19.2. The van der Waals surface area contributed by atoms with Gasteiger partial charge in [-0.15, -0.1) is 11.3 Å². The summed E-state index contributed by atoms with van der Waals surface area (Å²) < 4.78 is 32.9. The maximum absolute atomic E-state index is 12.9. The normalized spacial score (nSPS) is 15.0. The fourth-order valence-corrected chi connectivity index (χ4v) is 5.52. The van der Waals surface area contributed by atoms with Gasteiger partial charge in [0.15, 0.2) is 0 Å². The third-order valence-electron chi connectivity index (χ3n) is 5.34. The summed E-state index contributed by atoms with van der Waals surface area (Å²) >= 11 is 1.58. The van der Waals surface area contributed by atoms with Crippen molar-refractivity contribution in [3.05, 3.63) is 75.7 Å². The van der Waals surface area contributed by atoms with Gasteiger partial charge in [-0.05, 0) is 50.2 Å². The standard InChI is InChI=1S/C23H25N3O4S2/c1-17-3-9-22(10-4-17)32(28,29)26-13-11-25(12-14-26)23(27)19-5-7-21(8-6-19)30-15-20-16-31-18(2)24-20/h3-10,16H,11-15H2,1-2H3. The lowest BCUT2D eigenvalue weighted by Crippen LogP contribution is -2.50. The Labute approximate surface area is 192 Å². The Morgan fingerprint density at radius 1 is 1.00 bits per heavy atom. The molecule has 168 valence electrons. The number of benzene rings is 2. The van der Waals surface area contributed by atoms with Gasteiger partial charge < -0.3 is 9.64 Å². The molecule has 0 bridgehead atoms. The zero-order valence-corrected chi connectivity index (χ0v) is 19.7. The SMILES string of the molecule is Cc1ccc(S(=O)(=O)N2CCN(C(=O)c3ccc(OCc4csc(C)n4)cc3)CC2)cc1. The van der Waals surface area contributed by atoms with E-state index in [1.807, 2.05) is 19.2 Å². The highest BCUT2D eigenvalue weighted by atomic mass is 32.2. The van der Waals surface area contributed by atoms with Crippen molar-refractivity contribution >= 4 is 27.3 Å². The summed E-state index contributed by atoms with van der Waals surface area (Å²) in [6.07, 6.45) is 0. The molecule has 0 aliphatic carbocycles. The Bertz CT molecular complexity index is 1180. The number of hydrogen-bond acceptors (Lipinski definition) is 6. The fraction of sp³-hybridized carbons (Fsp3) is 0.304. The van der Waals surface area contributed by atoms with E-state index in [0.29, 0.717) is 31.0 Å². The lowest BCUT2D eigenvalue weighted by Gasteiger charge is -2.34. The highest BCUT2D eigenvalue weighted by molar-refractivity contribution is 7.89. The van der Waals surface area contributed by atoms with Crippen LogP contribution in [0.5, 0.6) is 5.75 Å². The number of aryl methyl sites for hydroxylation is 2. The topological polar surface area (TPSA) is 79.8 Å². The molecule has 7 nitrogen and oxygen atoms in total. The monoisotopic (exact) mass is 471 g/mol.